The molecule has 0 radical (unpaired) electrons. The molecule has 0 saturated heterocycles. The fourth-order valence-corrected chi connectivity index (χ4v) is 5.31. The van der Waals surface area contributed by atoms with Gasteiger partial charge in [0.25, 0.3) is 0 Å². The number of benzene rings is 3. The molecule has 4 rings (SSSR count). The third-order valence-corrected chi connectivity index (χ3v) is 6.12. The van der Waals surface area contributed by atoms with Gasteiger partial charge in [-0.25, -0.2) is 0 Å². The summed E-state index contributed by atoms with van der Waals surface area (Å²) in [5, 5.41) is 0. The van der Waals surface area contributed by atoms with Gasteiger partial charge >= 0.3 is 178 Å². The number of rotatable bonds is 2. The van der Waals surface area contributed by atoms with Crippen molar-refractivity contribution in [3.05, 3.63) is 85.8 Å². The second kappa shape index (κ2) is 6.99. The van der Waals surface area contributed by atoms with Crippen molar-refractivity contribution in [2.75, 3.05) is 0 Å². The van der Waals surface area contributed by atoms with Gasteiger partial charge in [-0.2, -0.15) is 0 Å². The molecule has 0 spiro atoms. The van der Waals surface area contributed by atoms with Crippen molar-refractivity contribution in [2.45, 2.75) is 41.5 Å². The molecule has 0 bridgehead atoms. The van der Waals surface area contributed by atoms with E-state index in [-0.39, 0.29) is 0 Å². The van der Waals surface area contributed by atoms with E-state index in [1.54, 1.807) is 0 Å². The van der Waals surface area contributed by atoms with E-state index in [2.05, 4.69) is 118 Å². The van der Waals surface area contributed by atoms with E-state index < -0.39 is 0 Å². The van der Waals surface area contributed by atoms with Crippen LogP contribution in [0.1, 0.15) is 33.4 Å². The Kier molecular flexibility index (Phi) is 4.78. The van der Waals surface area contributed by atoms with Crippen molar-refractivity contribution in [1.29, 1.82) is 0 Å². The molecule has 146 valence electrons. The molecule has 3 aromatic carbocycles. The van der Waals surface area contributed by atoms with E-state index in [0.717, 1.165) is 3.89 Å². The van der Waals surface area contributed by atoms with Crippen LogP contribution in [0, 0.1) is 45.4 Å². The minimum absolute atomic E-state index is 1.08. The van der Waals surface area contributed by atoms with Crippen LogP contribution < -0.4 is 0 Å². The van der Waals surface area contributed by atoms with E-state index >= 15 is 0 Å². The van der Waals surface area contributed by atoms with Crippen molar-refractivity contribution >= 4 is 11.0 Å². The fourth-order valence-electron chi connectivity index (χ4n) is 4.59. The number of aromatic nitrogens is 2. The molecule has 0 amide bonds. The average Bonchev–Trinajstić information content (AvgIpc) is 2.87. The molecule has 0 N–H and O–H groups in total. The Morgan fingerprint density at radius 2 is 0.893 bits per heavy atom. The zero-order chi connectivity index (χ0) is 20.2. The molecule has 0 unspecified atom stereocenters. The van der Waals surface area contributed by atoms with Crippen LogP contribution >= 0.6 is 0 Å². The van der Waals surface area contributed by atoms with E-state index in [9.17, 15) is 0 Å². The Balaban J connectivity index is 2.17. The summed E-state index contributed by atoms with van der Waals surface area (Å²) in [7, 11) is 0. The Labute approximate surface area is 177 Å². The SMILES string of the molecule is Cc1cc(C)c(-n2[c](=[Pd])n(-c3c(C)cc(C)cc3C)c3ccccc32)c(C)c1. The number of para-hydroxylation sites is 2. The van der Waals surface area contributed by atoms with Gasteiger partial charge < -0.3 is 0 Å². The third-order valence-electron chi connectivity index (χ3n) is 5.42. The van der Waals surface area contributed by atoms with Crippen LogP contribution in [0.25, 0.3) is 22.4 Å². The molecule has 0 aliphatic heterocycles. The molecule has 0 fully saturated rings. The predicted octanol–water partition coefficient (Wildman–Crippen LogP) is 6.35. The summed E-state index contributed by atoms with van der Waals surface area (Å²) in [6.07, 6.45) is 0. The quantitative estimate of drug-likeness (QED) is 0.308. The maximum absolute atomic E-state index is 3.62. The Morgan fingerprint density at radius 3 is 1.21 bits per heavy atom. The van der Waals surface area contributed by atoms with Crippen LogP contribution in [0.3, 0.4) is 0 Å². The molecular weight excluding hydrogens is 435 g/mol. The first-order valence-electron chi connectivity index (χ1n) is 9.64. The summed E-state index contributed by atoms with van der Waals surface area (Å²) in [4.78, 5) is 0. The van der Waals surface area contributed by atoms with Crippen molar-refractivity contribution in [1.82, 2.24) is 9.13 Å². The van der Waals surface area contributed by atoms with Crippen LogP contribution in [0.15, 0.2) is 48.5 Å². The first-order valence-corrected chi connectivity index (χ1v) is 10.4. The van der Waals surface area contributed by atoms with Crippen molar-refractivity contribution in [3.8, 4) is 11.4 Å². The summed E-state index contributed by atoms with van der Waals surface area (Å²) in [5.41, 5.74) is 12.7. The summed E-state index contributed by atoms with van der Waals surface area (Å²) in [6.45, 7) is 13.1. The van der Waals surface area contributed by atoms with Gasteiger partial charge in [0.05, 0.1) is 0 Å². The molecule has 0 aliphatic rings. The van der Waals surface area contributed by atoms with Gasteiger partial charge in [-0.3, -0.25) is 0 Å². The van der Waals surface area contributed by atoms with Gasteiger partial charge in [0.15, 0.2) is 0 Å². The van der Waals surface area contributed by atoms with Crippen molar-refractivity contribution < 1.29 is 18.7 Å². The number of fused-ring (bicyclic) bond motifs is 1. The second-order valence-electron chi connectivity index (χ2n) is 7.90. The molecule has 0 saturated carbocycles. The number of hydrogen-bond acceptors (Lipinski definition) is 0. The Bertz CT molecular complexity index is 1140. The predicted molar refractivity (Wildman–Crippen MR) is 114 cm³/mol. The maximum atomic E-state index is 3.62. The summed E-state index contributed by atoms with van der Waals surface area (Å²) in [6, 6.07) is 17.7. The first kappa shape index (κ1) is 19.1. The van der Waals surface area contributed by atoms with E-state index in [1.165, 1.54) is 55.8 Å². The first-order chi connectivity index (χ1) is 13.3. The van der Waals surface area contributed by atoms with Gasteiger partial charge in [-0.15, -0.1) is 0 Å². The van der Waals surface area contributed by atoms with Crippen LogP contribution in [0.5, 0.6) is 0 Å². The Hall–Kier alpha value is -2.21. The molecule has 3 heteroatoms. The summed E-state index contributed by atoms with van der Waals surface area (Å²) < 4.78 is 5.80. The number of aryl methyl sites for hydroxylation is 6. The second-order valence-corrected chi connectivity index (χ2v) is 8.59. The minimum atomic E-state index is 1.08. The van der Waals surface area contributed by atoms with Gasteiger partial charge in [0.1, 0.15) is 0 Å². The Morgan fingerprint density at radius 1 is 0.571 bits per heavy atom. The van der Waals surface area contributed by atoms with Gasteiger partial charge in [-0.05, 0) is 0 Å². The molecule has 0 aliphatic carbocycles. The molecular formula is C25H26N2Pd. The van der Waals surface area contributed by atoms with E-state index in [1.807, 2.05) is 0 Å². The van der Waals surface area contributed by atoms with Crippen LogP contribution in [0.2, 0.25) is 0 Å². The van der Waals surface area contributed by atoms with Crippen molar-refractivity contribution in [2.24, 2.45) is 0 Å². The molecule has 1 aromatic heterocycles. The monoisotopic (exact) mass is 460 g/mol. The normalized spacial score (nSPS) is 11.4. The van der Waals surface area contributed by atoms with E-state index in [0.29, 0.717) is 0 Å². The van der Waals surface area contributed by atoms with Crippen LogP contribution in [0.4, 0.5) is 0 Å². The van der Waals surface area contributed by atoms with E-state index in [4.69, 9.17) is 0 Å². The van der Waals surface area contributed by atoms with Gasteiger partial charge in [0.2, 0.25) is 0 Å². The third kappa shape index (κ3) is 2.94. The molecule has 0 atom stereocenters. The van der Waals surface area contributed by atoms with Crippen LogP contribution in [-0.4, -0.2) is 9.13 Å². The molecule has 28 heavy (non-hydrogen) atoms. The van der Waals surface area contributed by atoms with Crippen molar-refractivity contribution in [3.63, 3.8) is 0 Å². The zero-order valence-corrected chi connectivity index (χ0v) is 18.9. The molecule has 2 nitrogen and oxygen atoms in total. The number of nitrogens with zero attached hydrogens (tertiary/aromatic N) is 2. The van der Waals surface area contributed by atoms with Gasteiger partial charge in [-0.1, -0.05) is 0 Å². The fraction of sp³-hybridized carbons (Fsp3) is 0.240. The summed E-state index contributed by atoms with van der Waals surface area (Å²) >= 11 is 3.62. The standard InChI is InChI=1S/C25H26N2.Pd/c1-16-11-18(3)24(19(4)12-16)26-15-27(23-10-8-7-9-22(23)26)25-20(5)13-17(2)14-21(25)6;/h7-14H,1-6H3;. The number of imidazole rings is 1. The van der Waals surface area contributed by atoms with Gasteiger partial charge in [0, 0.05) is 0 Å². The molecule has 1 heterocycles. The zero-order valence-electron chi connectivity index (χ0n) is 17.3. The van der Waals surface area contributed by atoms with Crippen LogP contribution in [-0.2, 0) is 18.7 Å². The average molecular weight is 461 g/mol. The summed E-state index contributed by atoms with van der Waals surface area (Å²) in [5.74, 6) is 0. The topological polar surface area (TPSA) is 9.86 Å². The molecule has 4 aromatic rings. The number of hydrogen-bond donors (Lipinski definition) is 0.